The van der Waals surface area contributed by atoms with Crippen molar-refractivity contribution in [1.82, 2.24) is 10.3 Å². The van der Waals surface area contributed by atoms with Crippen molar-refractivity contribution in [2.75, 3.05) is 17.7 Å². The summed E-state index contributed by atoms with van der Waals surface area (Å²) in [6.45, 7) is 1.90. The third-order valence-corrected chi connectivity index (χ3v) is 7.42. The normalized spacial score (nSPS) is 20.9. The number of carbonyl (C=O) groups excluding carboxylic acids is 2. The number of pyridine rings is 1. The van der Waals surface area contributed by atoms with Gasteiger partial charge in [0, 0.05) is 42.4 Å². The summed E-state index contributed by atoms with van der Waals surface area (Å²) >= 11 is 5.91. The minimum absolute atomic E-state index is 0.0195. The summed E-state index contributed by atoms with van der Waals surface area (Å²) < 4.78 is 14.5. The standard InChI is InChI=1S/C29H29ClFN5O3/c1-16-5-3-8-22(34-29(38)26-15-24(36-39-26)20-6-4-7-21(30)27(20)31)25-13-17(11-12-33-25)19-10-9-18(32-2)14-23(19)35-28(16)37/h4,6-7,9-14,16,22,26,32H,3,5,8,15H2,1-2H3,(H,34,38)(H,35,37). The lowest BCUT2D eigenvalue weighted by Crippen LogP contribution is -2.38. The number of hydrogen-bond acceptors (Lipinski definition) is 6. The number of amides is 2. The summed E-state index contributed by atoms with van der Waals surface area (Å²) in [7, 11) is 1.83. The Labute approximate surface area is 231 Å². The average molecular weight is 550 g/mol. The Morgan fingerprint density at radius 3 is 2.82 bits per heavy atom. The number of fused-ring (bicyclic) bond motifs is 4. The van der Waals surface area contributed by atoms with E-state index in [9.17, 15) is 14.0 Å². The van der Waals surface area contributed by atoms with Crippen LogP contribution in [-0.4, -0.2) is 35.7 Å². The molecule has 2 aromatic carbocycles. The lowest BCUT2D eigenvalue weighted by atomic mass is 9.95. The van der Waals surface area contributed by atoms with Gasteiger partial charge in [-0.1, -0.05) is 42.2 Å². The van der Waals surface area contributed by atoms with Crippen molar-refractivity contribution in [3.8, 4) is 11.1 Å². The molecule has 2 aliphatic rings. The van der Waals surface area contributed by atoms with Crippen molar-refractivity contribution in [2.45, 2.75) is 44.8 Å². The summed E-state index contributed by atoms with van der Waals surface area (Å²) in [6, 6.07) is 13.8. The number of hydrogen-bond donors (Lipinski definition) is 3. The van der Waals surface area contributed by atoms with E-state index in [-0.39, 0.29) is 34.7 Å². The molecule has 202 valence electrons. The number of nitrogens with one attached hydrogen (secondary N) is 3. The summed E-state index contributed by atoms with van der Waals surface area (Å²) in [6.07, 6.45) is 2.81. The van der Waals surface area contributed by atoms with Crippen LogP contribution in [0, 0.1) is 11.7 Å². The molecule has 2 bridgehead atoms. The van der Waals surface area contributed by atoms with Crippen molar-refractivity contribution < 1.29 is 18.8 Å². The fourth-order valence-corrected chi connectivity index (χ4v) is 5.01. The Morgan fingerprint density at radius 1 is 1.15 bits per heavy atom. The van der Waals surface area contributed by atoms with E-state index in [2.05, 4.69) is 26.1 Å². The number of halogens is 2. The van der Waals surface area contributed by atoms with Gasteiger partial charge in [-0.3, -0.25) is 14.6 Å². The molecule has 39 heavy (non-hydrogen) atoms. The molecule has 0 saturated heterocycles. The van der Waals surface area contributed by atoms with Crippen molar-refractivity contribution in [3.63, 3.8) is 0 Å². The van der Waals surface area contributed by atoms with Crippen LogP contribution in [0.4, 0.5) is 15.8 Å². The fourth-order valence-electron chi connectivity index (χ4n) is 4.84. The van der Waals surface area contributed by atoms with Gasteiger partial charge in [0.05, 0.1) is 28.2 Å². The highest BCUT2D eigenvalue weighted by Crippen LogP contribution is 2.34. The lowest BCUT2D eigenvalue weighted by Gasteiger charge is -2.23. The first kappa shape index (κ1) is 26.6. The SMILES string of the molecule is CNc1ccc2c(c1)NC(=O)C(C)CCCC(NC(=O)C1CC(c3cccc(Cl)c3F)=NO1)c1cc-2ccn1. The van der Waals surface area contributed by atoms with Crippen LogP contribution in [0.2, 0.25) is 5.02 Å². The van der Waals surface area contributed by atoms with Gasteiger partial charge < -0.3 is 20.8 Å². The van der Waals surface area contributed by atoms with Gasteiger partial charge in [0.2, 0.25) is 12.0 Å². The Kier molecular flexibility index (Phi) is 7.79. The van der Waals surface area contributed by atoms with Gasteiger partial charge in [0.25, 0.3) is 5.91 Å². The Balaban J connectivity index is 1.40. The van der Waals surface area contributed by atoms with E-state index in [1.165, 1.54) is 6.07 Å². The molecule has 3 heterocycles. The molecule has 5 rings (SSSR count). The smallest absolute Gasteiger partial charge is 0.264 e. The molecule has 1 aromatic heterocycles. The highest BCUT2D eigenvalue weighted by Gasteiger charge is 2.32. The molecular formula is C29H29ClFN5O3. The summed E-state index contributed by atoms with van der Waals surface area (Å²) in [5.74, 6) is -1.24. The molecule has 3 atom stereocenters. The minimum Gasteiger partial charge on any atom is -0.388 e. The molecule has 2 aliphatic heterocycles. The van der Waals surface area contributed by atoms with Gasteiger partial charge in [0.15, 0.2) is 5.82 Å². The van der Waals surface area contributed by atoms with E-state index in [1.54, 1.807) is 18.3 Å². The zero-order chi connectivity index (χ0) is 27.5. The van der Waals surface area contributed by atoms with Gasteiger partial charge in [0.1, 0.15) is 0 Å². The van der Waals surface area contributed by atoms with Crippen LogP contribution in [0.5, 0.6) is 0 Å². The number of rotatable bonds is 4. The van der Waals surface area contributed by atoms with E-state index < -0.39 is 18.0 Å². The molecule has 10 heteroatoms. The van der Waals surface area contributed by atoms with Gasteiger partial charge >= 0.3 is 0 Å². The lowest BCUT2D eigenvalue weighted by molar-refractivity contribution is -0.132. The maximum Gasteiger partial charge on any atom is 0.264 e. The van der Waals surface area contributed by atoms with Gasteiger partial charge in [-0.05, 0) is 54.8 Å². The fraction of sp³-hybridized carbons (Fsp3) is 0.310. The Morgan fingerprint density at radius 2 is 2.00 bits per heavy atom. The number of anilines is 2. The molecule has 0 aliphatic carbocycles. The van der Waals surface area contributed by atoms with Crippen molar-refractivity contribution in [3.05, 3.63) is 76.8 Å². The molecule has 0 spiro atoms. The van der Waals surface area contributed by atoms with Gasteiger partial charge in [-0.2, -0.15) is 0 Å². The molecule has 8 nitrogen and oxygen atoms in total. The molecule has 3 aromatic rings. The monoisotopic (exact) mass is 549 g/mol. The minimum atomic E-state index is -0.909. The zero-order valence-electron chi connectivity index (χ0n) is 21.6. The van der Waals surface area contributed by atoms with Crippen LogP contribution in [0.15, 0.2) is 59.9 Å². The Hall–Kier alpha value is -3.98. The van der Waals surface area contributed by atoms with Gasteiger partial charge in [-0.15, -0.1) is 0 Å². The van der Waals surface area contributed by atoms with E-state index >= 15 is 0 Å². The second-order valence-electron chi connectivity index (χ2n) is 9.80. The van der Waals surface area contributed by atoms with Crippen molar-refractivity contribution >= 4 is 40.5 Å². The predicted octanol–water partition coefficient (Wildman–Crippen LogP) is 5.69. The number of aromatic nitrogens is 1. The number of carbonyl (C=O) groups is 2. The second kappa shape index (κ2) is 11.4. The third kappa shape index (κ3) is 5.73. The van der Waals surface area contributed by atoms with Crippen molar-refractivity contribution in [2.24, 2.45) is 11.1 Å². The second-order valence-corrected chi connectivity index (χ2v) is 10.2. The van der Waals surface area contributed by atoms with Crippen LogP contribution < -0.4 is 16.0 Å². The number of nitrogens with zero attached hydrogens (tertiary/aromatic N) is 2. The summed E-state index contributed by atoms with van der Waals surface area (Å²) in [5, 5.41) is 13.2. The first-order valence-electron chi connectivity index (χ1n) is 12.9. The number of oxime groups is 1. The largest absolute Gasteiger partial charge is 0.388 e. The zero-order valence-corrected chi connectivity index (χ0v) is 22.4. The van der Waals surface area contributed by atoms with Crippen LogP contribution in [0.1, 0.15) is 49.9 Å². The Bertz CT molecular complexity index is 1450. The molecule has 0 radical (unpaired) electrons. The third-order valence-electron chi connectivity index (χ3n) is 7.13. The molecule has 0 fully saturated rings. The topological polar surface area (TPSA) is 105 Å². The molecule has 3 N–H and O–H groups in total. The highest BCUT2D eigenvalue weighted by molar-refractivity contribution is 6.31. The first-order chi connectivity index (χ1) is 18.8. The average Bonchev–Trinajstić information content (AvgIpc) is 3.43. The number of benzene rings is 2. The quantitative estimate of drug-likeness (QED) is 0.388. The van der Waals surface area contributed by atoms with Crippen LogP contribution >= 0.6 is 11.6 Å². The molecular weight excluding hydrogens is 521 g/mol. The van der Waals surface area contributed by atoms with E-state index in [4.69, 9.17) is 16.4 Å². The summed E-state index contributed by atoms with van der Waals surface area (Å²) in [4.78, 5) is 36.2. The maximum atomic E-state index is 14.5. The first-order valence-corrected chi connectivity index (χ1v) is 13.3. The van der Waals surface area contributed by atoms with Crippen LogP contribution in [0.3, 0.4) is 0 Å². The molecule has 0 saturated carbocycles. The molecule has 3 unspecified atom stereocenters. The van der Waals surface area contributed by atoms with Crippen molar-refractivity contribution in [1.29, 1.82) is 0 Å². The highest BCUT2D eigenvalue weighted by atomic mass is 35.5. The van der Waals surface area contributed by atoms with E-state index in [0.717, 1.165) is 16.8 Å². The van der Waals surface area contributed by atoms with E-state index in [1.807, 2.05) is 44.3 Å². The van der Waals surface area contributed by atoms with Crippen LogP contribution in [-0.2, 0) is 14.4 Å². The summed E-state index contributed by atoms with van der Waals surface area (Å²) in [5.41, 5.74) is 4.54. The molecule has 2 amide bonds. The van der Waals surface area contributed by atoms with Crippen LogP contribution in [0.25, 0.3) is 11.1 Å². The van der Waals surface area contributed by atoms with E-state index in [0.29, 0.717) is 36.4 Å². The predicted molar refractivity (Wildman–Crippen MR) is 149 cm³/mol. The van der Waals surface area contributed by atoms with Gasteiger partial charge in [-0.25, -0.2) is 4.39 Å². The maximum absolute atomic E-state index is 14.5.